The monoisotopic (exact) mass is 361 g/mol. The Morgan fingerprint density at radius 3 is 2.83 bits per heavy atom. The van der Waals surface area contributed by atoms with Crippen LogP contribution in [0.4, 0.5) is 4.39 Å². The van der Waals surface area contributed by atoms with Crippen molar-refractivity contribution in [3.63, 3.8) is 0 Å². The van der Waals surface area contributed by atoms with E-state index in [1.165, 1.54) is 12.1 Å². The summed E-state index contributed by atoms with van der Waals surface area (Å²) in [6.07, 6.45) is -0.703. The topological polar surface area (TPSA) is 85.5 Å². The third kappa shape index (κ3) is 3.09. The molecule has 0 amide bonds. The fourth-order valence-electron chi connectivity index (χ4n) is 2.29. The summed E-state index contributed by atoms with van der Waals surface area (Å²) in [6, 6.07) is 3.73. The molecular weight excluding hydrogens is 349 g/mol. The molecule has 1 atom stereocenters. The van der Waals surface area contributed by atoms with Crippen molar-refractivity contribution in [2.24, 2.45) is 0 Å². The molecule has 1 aliphatic heterocycles. The molecule has 1 aliphatic rings. The smallest absolute Gasteiger partial charge is 0.247 e. The summed E-state index contributed by atoms with van der Waals surface area (Å²) in [4.78, 5) is -0.538. The number of halogens is 2. The van der Waals surface area contributed by atoms with E-state index in [-0.39, 0.29) is 30.6 Å². The predicted molar refractivity (Wildman–Crippen MR) is 77.9 cm³/mol. The molecule has 0 unspecified atom stereocenters. The van der Waals surface area contributed by atoms with Crippen molar-refractivity contribution in [2.45, 2.75) is 17.9 Å². The molecule has 0 N–H and O–H groups in total. The molecule has 0 aliphatic carbocycles. The first kappa shape index (κ1) is 16.3. The van der Waals surface area contributed by atoms with Gasteiger partial charge in [-0.1, -0.05) is 17.7 Å². The fourth-order valence-corrected chi connectivity index (χ4v) is 4.28. The average molecular weight is 362 g/mol. The SMILES string of the molecule is Cc1nnc([C@@H]2CN(S(=O)(=O)c3c(F)cccc3Cl)CCO2)o1. The zero-order valence-electron chi connectivity index (χ0n) is 12.1. The summed E-state index contributed by atoms with van der Waals surface area (Å²) in [5.74, 6) is -0.364. The molecule has 10 heteroatoms. The van der Waals surface area contributed by atoms with Crippen molar-refractivity contribution < 1.29 is 22.0 Å². The highest BCUT2D eigenvalue weighted by molar-refractivity contribution is 7.89. The zero-order valence-corrected chi connectivity index (χ0v) is 13.6. The van der Waals surface area contributed by atoms with E-state index < -0.39 is 26.8 Å². The molecule has 1 saturated heterocycles. The number of rotatable bonds is 3. The molecule has 1 aromatic heterocycles. The van der Waals surface area contributed by atoms with Crippen LogP contribution in [0.25, 0.3) is 0 Å². The van der Waals surface area contributed by atoms with Gasteiger partial charge in [0, 0.05) is 20.0 Å². The van der Waals surface area contributed by atoms with Gasteiger partial charge in [0.05, 0.1) is 11.6 Å². The second-order valence-corrected chi connectivity index (χ2v) is 7.21. The molecule has 7 nitrogen and oxygen atoms in total. The molecule has 0 saturated carbocycles. The summed E-state index contributed by atoms with van der Waals surface area (Å²) < 4.78 is 51.2. The number of aryl methyl sites for hydroxylation is 1. The summed E-state index contributed by atoms with van der Waals surface area (Å²) in [6.45, 7) is 1.76. The quantitative estimate of drug-likeness (QED) is 0.830. The van der Waals surface area contributed by atoms with Crippen molar-refractivity contribution in [2.75, 3.05) is 19.7 Å². The number of ether oxygens (including phenoxy) is 1. The minimum Gasteiger partial charge on any atom is -0.423 e. The Labute approximate surface area is 137 Å². The lowest BCUT2D eigenvalue weighted by Gasteiger charge is -2.30. The minimum atomic E-state index is -4.10. The van der Waals surface area contributed by atoms with Crippen LogP contribution < -0.4 is 0 Å². The molecule has 124 valence electrons. The predicted octanol–water partition coefficient (Wildman–Crippen LogP) is 1.93. The van der Waals surface area contributed by atoms with Gasteiger partial charge >= 0.3 is 0 Å². The van der Waals surface area contributed by atoms with E-state index in [4.69, 9.17) is 20.8 Å². The molecule has 0 radical (unpaired) electrons. The maximum atomic E-state index is 14.0. The van der Waals surface area contributed by atoms with Gasteiger partial charge in [-0.25, -0.2) is 12.8 Å². The first-order valence-electron chi connectivity index (χ1n) is 6.75. The van der Waals surface area contributed by atoms with Gasteiger partial charge in [0.2, 0.25) is 21.8 Å². The molecule has 0 bridgehead atoms. The van der Waals surface area contributed by atoms with Gasteiger partial charge in [0.15, 0.2) is 0 Å². The van der Waals surface area contributed by atoms with E-state index in [9.17, 15) is 12.8 Å². The maximum Gasteiger partial charge on any atom is 0.247 e. The van der Waals surface area contributed by atoms with Crippen LogP contribution in [0, 0.1) is 12.7 Å². The van der Waals surface area contributed by atoms with Crippen LogP contribution in [0.5, 0.6) is 0 Å². The zero-order chi connectivity index (χ0) is 16.6. The maximum absolute atomic E-state index is 14.0. The van der Waals surface area contributed by atoms with E-state index in [1.807, 2.05) is 0 Å². The molecule has 2 aromatic rings. The highest BCUT2D eigenvalue weighted by Gasteiger charge is 2.36. The highest BCUT2D eigenvalue weighted by atomic mass is 35.5. The van der Waals surface area contributed by atoms with Gasteiger partial charge < -0.3 is 9.15 Å². The first-order chi connectivity index (χ1) is 10.9. The lowest BCUT2D eigenvalue weighted by atomic mass is 10.3. The van der Waals surface area contributed by atoms with E-state index in [0.717, 1.165) is 10.4 Å². The van der Waals surface area contributed by atoms with Gasteiger partial charge in [-0.15, -0.1) is 10.2 Å². The first-order valence-corrected chi connectivity index (χ1v) is 8.57. The highest BCUT2D eigenvalue weighted by Crippen LogP contribution is 2.30. The van der Waals surface area contributed by atoms with Gasteiger partial charge in [-0.3, -0.25) is 0 Å². The third-order valence-corrected chi connectivity index (χ3v) is 5.73. The lowest BCUT2D eigenvalue weighted by molar-refractivity contribution is -0.0177. The summed E-state index contributed by atoms with van der Waals surface area (Å²) >= 11 is 5.87. The van der Waals surface area contributed by atoms with Crippen LogP contribution in [0.15, 0.2) is 27.5 Å². The standard InChI is InChI=1S/C13H13ClFN3O4S/c1-8-16-17-13(22-8)11-7-18(5-6-21-11)23(19,20)12-9(14)3-2-4-10(12)15/h2-4,11H,5-7H2,1H3/t11-/m0/s1. The van der Waals surface area contributed by atoms with Crippen LogP contribution in [0.1, 0.15) is 17.9 Å². The molecule has 3 rings (SSSR count). The van der Waals surface area contributed by atoms with Crippen LogP contribution in [-0.2, 0) is 14.8 Å². The van der Waals surface area contributed by atoms with Crippen molar-refractivity contribution in [3.05, 3.63) is 40.8 Å². The molecular formula is C13H13ClFN3O4S. The van der Waals surface area contributed by atoms with Gasteiger partial charge in [0.25, 0.3) is 0 Å². The van der Waals surface area contributed by atoms with E-state index in [1.54, 1.807) is 6.92 Å². The largest absolute Gasteiger partial charge is 0.423 e. The number of hydrogen-bond acceptors (Lipinski definition) is 6. The Morgan fingerprint density at radius 2 is 2.17 bits per heavy atom. The van der Waals surface area contributed by atoms with Crippen molar-refractivity contribution in [1.82, 2.24) is 14.5 Å². The van der Waals surface area contributed by atoms with Crippen LogP contribution in [-0.4, -0.2) is 42.6 Å². The van der Waals surface area contributed by atoms with Crippen LogP contribution >= 0.6 is 11.6 Å². The summed E-state index contributed by atoms with van der Waals surface area (Å²) in [7, 11) is -4.10. The lowest BCUT2D eigenvalue weighted by Crippen LogP contribution is -2.42. The van der Waals surface area contributed by atoms with Crippen molar-refractivity contribution in [3.8, 4) is 0 Å². The minimum absolute atomic E-state index is 0.0609. The summed E-state index contributed by atoms with van der Waals surface area (Å²) in [5, 5.41) is 7.36. The Balaban J connectivity index is 1.91. The second kappa shape index (κ2) is 6.16. The Kier molecular flexibility index (Phi) is 4.37. The van der Waals surface area contributed by atoms with Crippen molar-refractivity contribution >= 4 is 21.6 Å². The number of aromatic nitrogens is 2. The Morgan fingerprint density at radius 1 is 1.39 bits per heavy atom. The summed E-state index contributed by atoms with van der Waals surface area (Å²) in [5.41, 5.74) is 0. The van der Waals surface area contributed by atoms with Gasteiger partial charge in [-0.2, -0.15) is 4.31 Å². The number of hydrogen-bond donors (Lipinski definition) is 0. The molecule has 1 fully saturated rings. The average Bonchev–Trinajstić information content (AvgIpc) is 2.94. The van der Waals surface area contributed by atoms with Gasteiger partial charge in [-0.05, 0) is 12.1 Å². The normalized spacial score (nSPS) is 19.9. The van der Waals surface area contributed by atoms with Crippen molar-refractivity contribution in [1.29, 1.82) is 0 Å². The van der Waals surface area contributed by atoms with Crippen LogP contribution in [0.3, 0.4) is 0 Å². The number of benzene rings is 1. The number of sulfonamides is 1. The third-order valence-electron chi connectivity index (χ3n) is 3.36. The van der Waals surface area contributed by atoms with Gasteiger partial charge in [0.1, 0.15) is 16.8 Å². The second-order valence-electron chi connectivity index (χ2n) is 4.93. The molecule has 2 heterocycles. The van der Waals surface area contributed by atoms with Crippen LogP contribution in [0.2, 0.25) is 5.02 Å². The Bertz CT molecular complexity index is 806. The number of nitrogens with zero attached hydrogens (tertiary/aromatic N) is 3. The van der Waals surface area contributed by atoms with E-state index in [2.05, 4.69) is 10.2 Å². The molecule has 23 heavy (non-hydrogen) atoms. The Hall–Kier alpha value is -1.55. The fraction of sp³-hybridized carbons (Fsp3) is 0.385. The molecule has 0 spiro atoms. The van der Waals surface area contributed by atoms with E-state index >= 15 is 0 Å². The number of morpholine rings is 1. The molecule has 1 aromatic carbocycles. The van der Waals surface area contributed by atoms with E-state index in [0.29, 0.717) is 5.89 Å².